The topological polar surface area (TPSA) is 12.0 Å². The lowest BCUT2D eigenvalue weighted by molar-refractivity contribution is 0.276. The fourth-order valence-electron chi connectivity index (χ4n) is 4.57. The van der Waals surface area contributed by atoms with Crippen LogP contribution in [0.4, 0.5) is 4.39 Å². The van der Waals surface area contributed by atoms with E-state index in [4.69, 9.17) is 0 Å². The second-order valence-electron chi connectivity index (χ2n) is 7.16. The molecule has 2 bridgehead atoms. The van der Waals surface area contributed by atoms with Crippen LogP contribution in [0.2, 0.25) is 0 Å². The van der Waals surface area contributed by atoms with Crippen LogP contribution < -0.4 is 5.32 Å². The van der Waals surface area contributed by atoms with Crippen LogP contribution in [0.15, 0.2) is 24.3 Å². The zero-order valence-corrected chi connectivity index (χ0v) is 13.2. The van der Waals surface area contributed by atoms with E-state index in [1.165, 1.54) is 38.2 Å². The van der Waals surface area contributed by atoms with E-state index in [0.717, 1.165) is 42.7 Å². The Balaban J connectivity index is 1.60. The number of rotatable bonds is 7. The van der Waals surface area contributed by atoms with Gasteiger partial charge < -0.3 is 5.32 Å². The van der Waals surface area contributed by atoms with Crippen LogP contribution in [0.3, 0.4) is 0 Å². The van der Waals surface area contributed by atoms with Gasteiger partial charge in [-0.2, -0.15) is 0 Å². The largest absolute Gasteiger partial charge is 0.314 e. The van der Waals surface area contributed by atoms with Gasteiger partial charge in [0.15, 0.2) is 0 Å². The molecular formula is C19H28FN. The Morgan fingerprint density at radius 3 is 2.86 bits per heavy atom. The first-order valence-corrected chi connectivity index (χ1v) is 8.72. The Labute approximate surface area is 128 Å². The summed E-state index contributed by atoms with van der Waals surface area (Å²) in [5.74, 6) is 2.79. The summed E-state index contributed by atoms with van der Waals surface area (Å²) in [6.07, 6.45) is 9.25. The molecule has 4 atom stereocenters. The number of nitrogens with one attached hydrogen (secondary N) is 1. The molecule has 2 fully saturated rings. The fraction of sp³-hybridized carbons (Fsp3) is 0.684. The summed E-state index contributed by atoms with van der Waals surface area (Å²) in [5.41, 5.74) is 1.13. The first kappa shape index (κ1) is 15.0. The maximum absolute atomic E-state index is 13.4. The monoisotopic (exact) mass is 289 g/mol. The van der Waals surface area contributed by atoms with Crippen LogP contribution in [-0.4, -0.2) is 12.6 Å². The molecule has 2 aliphatic rings. The first-order valence-electron chi connectivity index (χ1n) is 8.72. The molecule has 4 unspecified atom stereocenters. The van der Waals surface area contributed by atoms with Crippen molar-refractivity contribution in [2.45, 2.75) is 57.9 Å². The van der Waals surface area contributed by atoms with E-state index in [-0.39, 0.29) is 5.82 Å². The molecule has 116 valence electrons. The molecule has 2 aliphatic carbocycles. The molecule has 1 nitrogen and oxygen atoms in total. The lowest BCUT2D eigenvalue weighted by Crippen LogP contribution is -2.34. The number of halogens is 1. The van der Waals surface area contributed by atoms with E-state index in [9.17, 15) is 4.39 Å². The van der Waals surface area contributed by atoms with Crippen molar-refractivity contribution in [1.82, 2.24) is 5.32 Å². The molecular weight excluding hydrogens is 261 g/mol. The standard InChI is InChI=1S/C19H28FN/c1-2-8-21-19(12-14-4-3-5-18(20)11-14)13-17-10-15-6-7-16(17)9-15/h3-5,11,15-17,19,21H,2,6-10,12-13H2,1H3. The van der Waals surface area contributed by atoms with E-state index in [1.807, 2.05) is 6.07 Å². The first-order chi connectivity index (χ1) is 10.2. The van der Waals surface area contributed by atoms with Gasteiger partial charge in [0.1, 0.15) is 5.82 Å². The number of hydrogen-bond acceptors (Lipinski definition) is 1. The van der Waals surface area contributed by atoms with E-state index in [1.54, 1.807) is 6.07 Å². The van der Waals surface area contributed by atoms with Crippen LogP contribution in [0.1, 0.15) is 51.0 Å². The van der Waals surface area contributed by atoms with Crippen molar-refractivity contribution >= 4 is 0 Å². The lowest BCUT2D eigenvalue weighted by atomic mass is 9.83. The van der Waals surface area contributed by atoms with Crippen molar-refractivity contribution in [2.75, 3.05) is 6.54 Å². The van der Waals surface area contributed by atoms with E-state index >= 15 is 0 Å². The summed E-state index contributed by atoms with van der Waals surface area (Å²) >= 11 is 0. The quantitative estimate of drug-likeness (QED) is 0.775. The zero-order valence-electron chi connectivity index (χ0n) is 13.2. The summed E-state index contributed by atoms with van der Waals surface area (Å²) in [7, 11) is 0. The molecule has 0 radical (unpaired) electrons. The molecule has 1 N–H and O–H groups in total. The Bertz CT molecular complexity index is 459. The van der Waals surface area contributed by atoms with E-state index < -0.39 is 0 Å². The molecule has 2 heteroatoms. The van der Waals surface area contributed by atoms with Crippen molar-refractivity contribution < 1.29 is 4.39 Å². The molecule has 1 aromatic carbocycles. The summed E-state index contributed by atoms with van der Waals surface area (Å²) in [6.45, 7) is 3.28. The molecule has 0 heterocycles. The number of benzene rings is 1. The molecule has 0 spiro atoms. The average molecular weight is 289 g/mol. The maximum Gasteiger partial charge on any atom is 0.123 e. The smallest absolute Gasteiger partial charge is 0.123 e. The maximum atomic E-state index is 13.4. The minimum atomic E-state index is -0.110. The van der Waals surface area contributed by atoms with Gasteiger partial charge in [-0.3, -0.25) is 0 Å². The molecule has 3 rings (SSSR count). The van der Waals surface area contributed by atoms with Gasteiger partial charge in [0, 0.05) is 6.04 Å². The molecule has 2 saturated carbocycles. The highest BCUT2D eigenvalue weighted by Gasteiger charge is 2.39. The van der Waals surface area contributed by atoms with Crippen LogP contribution in [0.25, 0.3) is 0 Å². The zero-order chi connectivity index (χ0) is 14.7. The third-order valence-corrected chi connectivity index (χ3v) is 5.53. The average Bonchev–Trinajstić information content (AvgIpc) is 3.07. The highest BCUT2D eigenvalue weighted by atomic mass is 19.1. The highest BCUT2D eigenvalue weighted by molar-refractivity contribution is 5.17. The van der Waals surface area contributed by atoms with Gasteiger partial charge >= 0.3 is 0 Å². The van der Waals surface area contributed by atoms with Crippen LogP contribution in [-0.2, 0) is 6.42 Å². The summed E-state index contributed by atoms with van der Waals surface area (Å²) in [4.78, 5) is 0. The summed E-state index contributed by atoms with van der Waals surface area (Å²) in [6, 6.07) is 7.63. The van der Waals surface area contributed by atoms with E-state index in [0.29, 0.717) is 6.04 Å². The summed E-state index contributed by atoms with van der Waals surface area (Å²) < 4.78 is 13.4. The molecule has 0 saturated heterocycles. The molecule has 21 heavy (non-hydrogen) atoms. The van der Waals surface area contributed by atoms with Gasteiger partial charge in [-0.25, -0.2) is 4.39 Å². The van der Waals surface area contributed by atoms with Crippen molar-refractivity contribution in [2.24, 2.45) is 17.8 Å². The van der Waals surface area contributed by atoms with Crippen molar-refractivity contribution in [3.05, 3.63) is 35.6 Å². The second kappa shape index (κ2) is 6.91. The third kappa shape index (κ3) is 3.85. The van der Waals surface area contributed by atoms with Crippen LogP contribution >= 0.6 is 0 Å². The van der Waals surface area contributed by atoms with Gasteiger partial charge in [0.25, 0.3) is 0 Å². The van der Waals surface area contributed by atoms with Crippen molar-refractivity contribution in [3.8, 4) is 0 Å². The van der Waals surface area contributed by atoms with Crippen LogP contribution in [0, 0.1) is 23.6 Å². The molecule has 0 aliphatic heterocycles. The molecule has 1 aromatic rings. The third-order valence-electron chi connectivity index (χ3n) is 5.53. The Morgan fingerprint density at radius 1 is 1.29 bits per heavy atom. The predicted molar refractivity (Wildman–Crippen MR) is 85.7 cm³/mol. The minimum Gasteiger partial charge on any atom is -0.314 e. The Kier molecular flexibility index (Phi) is 4.95. The van der Waals surface area contributed by atoms with Crippen molar-refractivity contribution in [3.63, 3.8) is 0 Å². The summed E-state index contributed by atoms with van der Waals surface area (Å²) in [5, 5.41) is 3.70. The number of fused-ring (bicyclic) bond motifs is 2. The van der Waals surface area contributed by atoms with Gasteiger partial charge in [-0.15, -0.1) is 0 Å². The Hall–Kier alpha value is -0.890. The highest BCUT2D eigenvalue weighted by Crippen LogP contribution is 2.50. The van der Waals surface area contributed by atoms with Gasteiger partial charge in [0.05, 0.1) is 0 Å². The Morgan fingerprint density at radius 2 is 2.19 bits per heavy atom. The minimum absolute atomic E-state index is 0.110. The van der Waals surface area contributed by atoms with Crippen molar-refractivity contribution in [1.29, 1.82) is 0 Å². The van der Waals surface area contributed by atoms with Gasteiger partial charge in [0.2, 0.25) is 0 Å². The number of hydrogen-bond donors (Lipinski definition) is 1. The fourth-order valence-corrected chi connectivity index (χ4v) is 4.57. The second-order valence-corrected chi connectivity index (χ2v) is 7.16. The predicted octanol–water partition coefficient (Wildman–Crippen LogP) is 4.56. The van der Waals surface area contributed by atoms with Gasteiger partial charge in [-0.05, 0) is 80.5 Å². The SMILES string of the molecule is CCCNC(Cc1cccc(F)c1)CC1CC2CCC1C2. The normalized spacial score (nSPS) is 29.0. The lowest BCUT2D eigenvalue weighted by Gasteiger charge is -2.27. The van der Waals surface area contributed by atoms with Gasteiger partial charge in [-0.1, -0.05) is 25.5 Å². The molecule has 0 amide bonds. The van der Waals surface area contributed by atoms with Crippen LogP contribution in [0.5, 0.6) is 0 Å². The molecule has 0 aromatic heterocycles. The van der Waals surface area contributed by atoms with E-state index in [2.05, 4.69) is 18.3 Å².